The Balaban J connectivity index is 3.10. The Bertz CT molecular complexity index is 344. The molecule has 0 unspecified atom stereocenters. The molecule has 5 amide bonds. The Hall–Kier alpha value is -1.96. The number of carbonyl (C=O) groups is 4. The monoisotopic (exact) mass is 215 g/mol. The molecule has 82 valence electrons. The fourth-order valence-electron chi connectivity index (χ4n) is 1.09. The number of imide groups is 2. The van der Waals surface area contributed by atoms with E-state index < -0.39 is 29.3 Å². The zero-order valence-electron chi connectivity index (χ0n) is 8.03. The van der Waals surface area contributed by atoms with Gasteiger partial charge in [-0.3, -0.25) is 30.2 Å². The van der Waals surface area contributed by atoms with E-state index in [0.29, 0.717) is 0 Å². The lowest BCUT2D eigenvalue weighted by molar-refractivity contribution is -0.196. The molecular formula is C7H9N3O5. The average molecular weight is 215 g/mol. The molecule has 1 rings (SSSR count). The first-order valence-electron chi connectivity index (χ1n) is 3.96. The van der Waals surface area contributed by atoms with Crippen LogP contribution < -0.4 is 10.6 Å². The van der Waals surface area contributed by atoms with E-state index in [2.05, 4.69) is 0 Å². The molecule has 3 N–H and O–H groups in total. The number of hydrogen-bond donors (Lipinski definition) is 3. The number of urea groups is 1. The smallest absolute Gasteiger partial charge is 0.284 e. The third kappa shape index (κ3) is 1.54. The van der Waals surface area contributed by atoms with Crippen molar-refractivity contribution in [3.63, 3.8) is 0 Å². The van der Waals surface area contributed by atoms with Crippen molar-refractivity contribution < 1.29 is 24.4 Å². The van der Waals surface area contributed by atoms with E-state index in [1.54, 1.807) is 10.6 Å². The van der Waals surface area contributed by atoms with Crippen molar-refractivity contribution in [3.8, 4) is 0 Å². The minimum absolute atomic E-state index is 0.0237. The summed E-state index contributed by atoms with van der Waals surface area (Å²) in [7, 11) is 0. The van der Waals surface area contributed by atoms with Crippen molar-refractivity contribution in [1.82, 2.24) is 15.7 Å². The van der Waals surface area contributed by atoms with Gasteiger partial charge in [0.1, 0.15) is 0 Å². The summed E-state index contributed by atoms with van der Waals surface area (Å²) < 4.78 is 0. The molecule has 1 heterocycles. The van der Waals surface area contributed by atoms with E-state index in [-0.39, 0.29) is 5.06 Å². The summed E-state index contributed by atoms with van der Waals surface area (Å²) in [5, 5.41) is 12.8. The molecule has 1 saturated heterocycles. The molecular weight excluding hydrogens is 206 g/mol. The molecule has 8 heteroatoms. The summed E-state index contributed by atoms with van der Waals surface area (Å²) in [6.07, 6.45) is 0. The second-order valence-corrected chi connectivity index (χ2v) is 3.14. The van der Waals surface area contributed by atoms with Gasteiger partial charge in [-0.2, -0.15) is 5.06 Å². The highest BCUT2D eigenvalue weighted by molar-refractivity contribution is 6.22. The summed E-state index contributed by atoms with van der Waals surface area (Å²) in [5.41, 5.74) is -2.13. The molecule has 0 atom stereocenters. The van der Waals surface area contributed by atoms with Crippen molar-refractivity contribution in [2.75, 3.05) is 0 Å². The van der Waals surface area contributed by atoms with Gasteiger partial charge in [0.15, 0.2) is 0 Å². The van der Waals surface area contributed by atoms with Crippen molar-refractivity contribution in [1.29, 1.82) is 0 Å². The molecule has 0 radical (unpaired) electrons. The lowest BCUT2D eigenvalue weighted by Gasteiger charge is -2.35. The number of hydroxylamine groups is 2. The quantitative estimate of drug-likeness (QED) is 0.275. The van der Waals surface area contributed by atoms with Gasteiger partial charge in [-0.25, -0.2) is 4.79 Å². The molecule has 1 aliphatic heterocycles. The van der Waals surface area contributed by atoms with Crippen LogP contribution in [0.15, 0.2) is 0 Å². The number of nitrogens with one attached hydrogen (secondary N) is 2. The van der Waals surface area contributed by atoms with Crippen LogP contribution in [-0.2, 0) is 14.4 Å². The summed E-state index contributed by atoms with van der Waals surface area (Å²) in [6.45, 7) is 1.99. The predicted octanol–water partition coefficient (Wildman–Crippen LogP) is -1.65. The molecule has 1 aliphatic rings. The molecule has 0 saturated carbocycles. The minimum atomic E-state index is -2.13. The number of hydrogen-bond acceptors (Lipinski definition) is 5. The van der Waals surface area contributed by atoms with E-state index in [9.17, 15) is 24.4 Å². The van der Waals surface area contributed by atoms with Crippen molar-refractivity contribution in [3.05, 3.63) is 0 Å². The Kier molecular flexibility index (Phi) is 2.46. The number of rotatable bonds is 1. The van der Waals surface area contributed by atoms with Gasteiger partial charge in [0.25, 0.3) is 11.8 Å². The van der Waals surface area contributed by atoms with Gasteiger partial charge < -0.3 is 0 Å². The number of barbiturate groups is 1. The summed E-state index contributed by atoms with van der Waals surface area (Å²) >= 11 is 0. The van der Waals surface area contributed by atoms with Gasteiger partial charge >= 0.3 is 6.03 Å². The number of amides is 5. The fraction of sp³-hybridized carbons (Fsp3) is 0.429. The molecule has 0 aromatic carbocycles. The van der Waals surface area contributed by atoms with E-state index in [4.69, 9.17) is 0 Å². The van der Waals surface area contributed by atoms with Gasteiger partial charge in [0, 0.05) is 6.92 Å². The second kappa shape index (κ2) is 3.31. The van der Waals surface area contributed by atoms with E-state index in [0.717, 1.165) is 13.8 Å². The second-order valence-electron chi connectivity index (χ2n) is 3.14. The first-order valence-corrected chi connectivity index (χ1v) is 3.96. The largest absolute Gasteiger partial charge is 0.328 e. The molecule has 0 aliphatic carbocycles. The molecule has 0 bridgehead atoms. The van der Waals surface area contributed by atoms with Crippen molar-refractivity contribution in [2.45, 2.75) is 19.4 Å². The molecule has 8 nitrogen and oxygen atoms in total. The van der Waals surface area contributed by atoms with E-state index >= 15 is 0 Å². The maximum absolute atomic E-state index is 11.3. The van der Waals surface area contributed by atoms with E-state index in [1.165, 1.54) is 0 Å². The van der Waals surface area contributed by atoms with Crippen LogP contribution in [-0.4, -0.2) is 39.6 Å². The predicted molar refractivity (Wildman–Crippen MR) is 44.4 cm³/mol. The fourth-order valence-corrected chi connectivity index (χ4v) is 1.09. The van der Waals surface area contributed by atoms with Crippen molar-refractivity contribution in [2.24, 2.45) is 0 Å². The number of carbonyl (C=O) groups excluding carboxylic acids is 4. The van der Waals surface area contributed by atoms with Gasteiger partial charge in [0.05, 0.1) is 0 Å². The normalized spacial score (nSPS) is 19.3. The zero-order chi connectivity index (χ0) is 11.8. The Morgan fingerprint density at radius 3 is 2.00 bits per heavy atom. The minimum Gasteiger partial charge on any atom is -0.284 e. The summed E-state index contributed by atoms with van der Waals surface area (Å²) in [5.74, 6) is -3.01. The number of nitrogens with zero attached hydrogens (tertiary/aromatic N) is 1. The van der Waals surface area contributed by atoms with Gasteiger partial charge in [-0.1, -0.05) is 0 Å². The molecule has 0 aromatic rings. The third-order valence-corrected chi connectivity index (χ3v) is 2.06. The summed E-state index contributed by atoms with van der Waals surface area (Å²) in [6, 6.07) is -0.987. The Morgan fingerprint density at radius 2 is 1.67 bits per heavy atom. The molecule has 15 heavy (non-hydrogen) atoms. The van der Waals surface area contributed by atoms with Crippen LogP contribution in [0.4, 0.5) is 4.79 Å². The van der Waals surface area contributed by atoms with Crippen molar-refractivity contribution >= 4 is 23.8 Å². The van der Waals surface area contributed by atoms with Gasteiger partial charge in [-0.15, -0.1) is 0 Å². The molecule has 0 aromatic heterocycles. The van der Waals surface area contributed by atoms with Gasteiger partial charge in [-0.05, 0) is 6.92 Å². The van der Waals surface area contributed by atoms with Crippen LogP contribution in [0.2, 0.25) is 0 Å². The highest BCUT2D eigenvalue weighted by Gasteiger charge is 2.52. The van der Waals surface area contributed by atoms with Crippen LogP contribution >= 0.6 is 0 Å². The summed E-state index contributed by atoms with van der Waals surface area (Å²) in [4.78, 5) is 44.2. The Morgan fingerprint density at radius 1 is 1.27 bits per heavy atom. The first kappa shape index (κ1) is 11.1. The molecule has 1 fully saturated rings. The zero-order valence-corrected chi connectivity index (χ0v) is 8.03. The third-order valence-electron chi connectivity index (χ3n) is 2.06. The highest BCUT2D eigenvalue weighted by atomic mass is 16.5. The maximum Gasteiger partial charge on any atom is 0.328 e. The first-order chi connectivity index (χ1) is 6.80. The maximum atomic E-state index is 11.3. The Labute approximate surface area is 84.2 Å². The standard InChI is InChI=1S/C7H9N3O5/c1-3(11)10(15)7(2)4(12)8-6(14)9-5(7)13/h15H,1-2H3,(H2,8,9,12,13,14). The lowest BCUT2D eigenvalue weighted by atomic mass is 9.97. The molecule has 0 spiro atoms. The lowest BCUT2D eigenvalue weighted by Crippen LogP contribution is -2.71. The SMILES string of the molecule is CC(=O)N(O)C1(C)C(=O)NC(=O)NC1=O. The van der Waals surface area contributed by atoms with Crippen LogP contribution in [0.25, 0.3) is 0 Å². The topological polar surface area (TPSA) is 116 Å². The van der Waals surface area contributed by atoms with Crippen LogP contribution in [0, 0.1) is 0 Å². The van der Waals surface area contributed by atoms with Crippen LogP contribution in [0.5, 0.6) is 0 Å². The van der Waals surface area contributed by atoms with Crippen LogP contribution in [0.1, 0.15) is 13.8 Å². The highest BCUT2D eigenvalue weighted by Crippen LogP contribution is 2.16. The average Bonchev–Trinajstić information content (AvgIpc) is 2.12. The van der Waals surface area contributed by atoms with Crippen LogP contribution in [0.3, 0.4) is 0 Å². The van der Waals surface area contributed by atoms with E-state index in [1.807, 2.05) is 0 Å². The van der Waals surface area contributed by atoms with Gasteiger partial charge in [0.2, 0.25) is 11.4 Å².